The van der Waals surface area contributed by atoms with E-state index in [2.05, 4.69) is 24.1 Å². The molecule has 0 saturated heterocycles. The summed E-state index contributed by atoms with van der Waals surface area (Å²) in [7, 11) is 1.71. The van der Waals surface area contributed by atoms with E-state index in [0.29, 0.717) is 0 Å². The highest BCUT2D eigenvalue weighted by molar-refractivity contribution is 4.70. The van der Waals surface area contributed by atoms with Gasteiger partial charge in [-0.15, -0.1) is 0 Å². The van der Waals surface area contributed by atoms with Crippen molar-refractivity contribution in [2.75, 3.05) is 46.5 Å². The molecule has 0 bridgehead atoms. The Balaban J connectivity index is 3.77. The molecule has 1 atom stereocenters. The van der Waals surface area contributed by atoms with Crippen LogP contribution in [0.5, 0.6) is 0 Å². The van der Waals surface area contributed by atoms with Crippen molar-refractivity contribution in [2.45, 2.75) is 26.3 Å². The van der Waals surface area contributed by atoms with E-state index in [-0.39, 0.29) is 12.6 Å². The van der Waals surface area contributed by atoms with Gasteiger partial charge in [-0.25, -0.2) is 0 Å². The number of hydrogen-bond acceptors (Lipinski definition) is 4. The van der Waals surface area contributed by atoms with Crippen LogP contribution >= 0.6 is 0 Å². The SMILES string of the molecule is CCCNC(CO)CN(CC)CCOC. The molecule has 4 nitrogen and oxygen atoms in total. The number of aliphatic hydroxyl groups excluding tert-OH is 1. The van der Waals surface area contributed by atoms with Gasteiger partial charge in [0.2, 0.25) is 0 Å². The van der Waals surface area contributed by atoms with Crippen LogP contribution in [0.25, 0.3) is 0 Å². The summed E-state index contributed by atoms with van der Waals surface area (Å²) < 4.78 is 5.05. The lowest BCUT2D eigenvalue weighted by atomic mass is 10.2. The van der Waals surface area contributed by atoms with Gasteiger partial charge >= 0.3 is 0 Å². The fourth-order valence-electron chi connectivity index (χ4n) is 1.45. The van der Waals surface area contributed by atoms with Gasteiger partial charge in [0.1, 0.15) is 0 Å². The highest BCUT2D eigenvalue weighted by Crippen LogP contribution is 1.93. The Hall–Kier alpha value is -0.160. The van der Waals surface area contributed by atoms with E-state index in [1.807, 2.05) is 0 Å². The summed E-state index contributed by atoms with van der Waals surface area (Å²) in [5.74, 6) is 0. The molecule has 0 heterocycles. The molecule has 15 heavy (non-hydrogen) atoms. The lowest BCUT2D eigenvalue weighted by Crippen LogP contribution is -2.44. The summed E-state index contributed by atoms with van der Waals surface area (Å²) in [5.41, 5.74) is 0. The second kappa shape index (κ2) is 10.4. The average molecular weight is 218 g/mol. The lowest BCUT2D eigenvalue weighted by molar-refractivity contribution is 0.131. The molecule has 2 N–H and O–H groups in total. The Morgan fingerprint density at radius 2 is 2.13 bits per heavy atom. The minimum absolute atomic E-state index is 0.182. The minimum Gasteiger partial charge on any atom is -0.395 e. The third-order valence-electron chi connectivity index (χ3n) is 2.44. The van der Waals surface area contributed by atoms with Crippen LogP contribution in [0, 0.1) is 0 Å². The van der Waals surface area contributed by atoms with Gasteiger partial charge in [0.25, 0.3) is 0 Å². The zero-order valence-corrected chi connectivity index (χ0v) is 10.3. The average Bonchev–Trinajstić information content (AvgIpc) is 2.28. The molecule has 1 unspecified atom stereocenters. The van der Waals surface area contributed by atoms with Gasteiger partial charge < -0.3 is 15.2 Å². The molecule has 0 radical (unpaired) electrons. The van der Waals surface area contributed by atoms with Crippen molar-refractivity contribution in [3.63, 3.8) is 0 Å². The van der Waals surface area contributed by atoms with Crippen LogP contribution in [0.1, 0.15) is 20.3 Å². The molecular weight excluding hydrogens is 192 g/mol. The molecule has 0 aliphatic heterocycles. The highest BCUT2D eigenvalue weighted by Gasteiger charge is 2.10. The van der Waals surface area contributed by atoms with Gasteiger partial charge in [0, 0.05) is 26.2 Å². The Bertz CT molecular complexity index is 120. The number of rotatable bonds is 10. The van der Waals surface area contributed by atoms with Gasteiger partial charge in [-0.05, 0) is 19.5 Å². The maximum absolute atomic E-state index is 9.20. The monoisotopic (exact) mass is 218 g/mol. The minimum atomic E-state index is 0.182. The molecule has 0 aliphatic carbocycles. The topological polar surface area (TPSA) is 44.7 Å². The van der Waals surface area contributed by atoms with Crippen LogP contribution in [-0.2, 0) is 4.74 Å². The molecule has 0 amide bonds. The maximum Gasteiger partial charge on any atom is 0.0597 e. The molecule has 0 spiro atoms. The molecule has 4 heteroatoms. The first-order valence-corrected chi connectivity index (χ1v) is 5.83. The summed E-state index contributed by atoms with van der Waals surface area (Å²) in [6.07, 6.45) is 1.10. The number of nitrogens with one attached hydrogen (secondary N) is 1. The summed E-state index contributed by atoms with van der Waals surface area (Å²) >= 11 is 0. The van der Waals surface area contributed by atoms with Crippen molar-refractivity contribution < 1.29 is 9.84 Å². The van der Waals surface area contributed by atoms with Crippen molar-refractivity contribution in [1.82, 2.24) is 10.2 Å². The predicted octanol–water partition coefficient (Wildman–Crippen LogP) is 0.315. The molecule has 92 valence electrons. The van der Waals surface area contributed by atoms with Crippen LogP contribution in [0.15, 0.2) is 0 Å². The molecule has 0 saturated carbocycles. The van der Waals surface area contributed by atoms with Gasteiger partial charge in [0.05, 0.1) is 13.2 Å². The number of nitrogens with zero attached hydrogens (tertiary/aromatic N) is 1. The summed E-state index contributed by atoms with van der Waals surface area (Å²) in [5, 5.41) is 12.5. The predicted molar refractivity (Wildman–Crippen MR) is 63.2 cm³/mol. The first kappa shape index (κ1) is 14.8. The van der Waals surface area contributed by atoms with Gasteiger partial charge in [-0.3, -0.25) is 4.90 Å². The van der Waals surface area contributed by atoms with Crippen molar-refractivity contribution in [2.24, 2.45) is 0 Å². The van der Waals surface area contributed by atoms with E-state index in [9.17, 15) is 5.11 Å². The Morgan fingerprint density at radius 1 is 1.40 bits per heavy atom. The van der Waals surface area contributed by atoms with Crippen LogP contribution in [-0.4, -0.2) is 62.6 Å². The maximum atomic E-state index is 9.20. The van der Waals surface area contributed by atoms with Crippen LogP contribution < -0.4 is 5.32 Å². The fraction of sp³-hybridized carbons (Fsp3) is 1.00. The van der Waals surface area contributed by atoms with Crippen molar-refractivity contribution >= 4 is 0 Å². The molecular formula is C11H26N2O2. The van der Waals surface area contributed by atoms with E-state index < -0.39 is 0 Å². The van der Waals surface area contributed by atoms with E-state index >= 15 is 0 Å². The quantitative estimate of drug-likeness (QED) is 0.554. The van der Waals surface area contributed by atoms with E-state index in [1.165, 1.54) is 0 Å². The Morgan fingerprint density at radius 3 is 2.60 bits per heavy atom. The van der Waals surface area contributed by atoms with Gasteiger partial charge in [-0.1, -0.05) is 13.8 Å². The number of methoxy groups -OCH3 is 1. The van der Waals surface area contributed by atoms with Gasteiger partial charge in [0.15, 0.2) is 0 Å². The number of likely N-dealkylation sites (N-methyl/N-ethyl adjacent to an activating group) is 1. The molecule has 0 aromatic rings. The smallest absolute Gasteiger partial charge is 0.0597 e. The second-order valence-electron chi connectivity index (χ2n) is 3.72. The highest BCUT2D eigenvalue weighted by atomic mass is 16.5. The first-order chi connectivity index (χ1) is 7.28. The summed E-state index contributed by atoms with van der Waals surface area (Å²) in [6, 6.07) is 0.182. The van der Waals surface area contributed by atoms with Crippen LogP contribution in [0.4, 0.5) is 0 Å². The third-order valence-corrected chi connectivity index (χ3v) is 2.44. The Labute approximate surface area is 93.6 Å². The number of aliphatic hydroxyl groups is 1. The fourth-order valence-corrected chi connectivity index (χ4v) is 1.45. The number of ether oxygens (including phenoxy) is 1. The lowest BCUT2D eigenvalue weighted by Gasteiger charge is -2.25. The van der Waals surface area contributed by atoms with Crippen molar-refractivity contribution in [3.05, 3.63) is 0 Å². The Kier molecular flexibility index (Phi) is 10.3. The van der Waals surface area contributed by atoms with E-state index in [0.717, 1.165) is 39.2 Å². The third kappa shape index (κ3) is 7.73. The van der Waals surface area contributed by atoms with E-state index in [4.69, 9.17) is 4.74 Å². The first-order valence-electron chi connectivity index (χ1n) is 5.83. The normalized spacial score (nSPS) is 13.4. The summed E-state index contributed by atoms with van der Waals surface area (Å²) in [4.78, 5) is 2.28. The van der Waals surface area contributed by atoms with Crippen LogP contribution in [0.3, 0.4) is 0 Å². The summed E-state index contributed by atoms with van der Waals surface area (Å²) in [6.45, 7) is 8.98. The standard InChI is InChI=1S/C11H26N2O2/c1-4-6-12-11(10-14)9-13(5-2)7-8-15-3/h11-12,14H,4-10H2,1-3H3. The molecule has 0 aromatic heterocycles. The molecule has 0 rings (SSSR count). The molecule has 0 fully saturated rings. The van der Waals surface area contributed by atoms with E-state index in [1.54, 1.807) is 7.11 Å². The zero-order chi connectivity index (χ0) is 11.5. The number of hydrogen-bond donors (Lipinski definition) is 2. The van der Waals surface area contributed by atoms with Crippen molar-refractivity contribution in [1.29, 1.82) is 0 Å². The largest absolute Gasteiger partial charge is 0.395 e. The van der Waals surface area contributed by atoms with Crippen molar-refractivity contribution in [3.8, 4) is 0 Å². The molecule has 0 aliphatic rings. The zero-order valence-electron chi connectivity index (χ0n) is 10.3. The van der Waals surface area contributed by atoms with Gasteiger partial charge in [-0.2, -0.15) is 0 Å². The second-order valence-corrected chi connectivity index (χ2v) is 3.72. The molecule has 0 aromatic carbocycles. The van der Waals surface area contributed by atoms with Crippen LogP contribution in [0.2, 0.25) is 0 Å².